The maximum absolute atomic E-state index is 14.1. The lowest BCUT2D eigenvalue weighted by atomic mass is 10.0. The third kappa shape index (κ3) is 2.96. The Labute approximate surface area is 115 Å². The van der Waals surface area contributed by atoms with Gasteiger partial charge in [-0.2, -0.15) is 8.75 Å². The van der Waals surface area contributed by atoms with E-state index in [1.807, 2.05) is 6.92 Å². The summed E-state index contributed by atoms with van der Waals surface area (Å²) in [7, 11) is 0. The molecule has 0 bridgehead atoms. The van der Waals surface area contributed by atoms with Crippen LogP contribution in [0.2, 0.25) is 0 Å². The summed E-state index contributed by atoms with van der Waals surface area (Å²) >= 11 is 1.05. The second kappa shape index (κ2) is 6.16. The van der Waals surface area contributed by atoms with Crippen molar-refractivity contribution in [1.82, 2.24) is 14.1 Å². The highest BCUT2D eigenvalue weighted by Crippen LogP contribution is 2.26. The first kappa shape index (κ1) is 14.0. The van der Waals surface area contributed by atoms with E-state index in [0.29, 0.717) is 17.8 Å². The largest absolute Gasteiger partial charge is 0.305 e. The molecule has 0 amide bonds. The third-order valence-electron chi connectivity index (χ3n) is 2.89. The highest BCUT2D eigenvalue weighted by Gasteiger charge is 2.22. The molecule has 3 nitrogen and oxygen atoms in total. The lowest BCUT2D eigenvalue weighted by Crippen LogP contribution is -2.24. The average molecular weight is 283 g/mol. The van der Waals surface area contributed by atoms with Crippen molar-refractivity contribution in [3.8, 4) is 0 Å². The fourth-order valence-electron chi connectivity index (χ4n) is 1.85. The van der Waals surface area contributed by atoms with E-state index in [-0.39, 0.29) is 5.56 Å². The smallest absolute Gasteiger partial charge is 0.164 e. The van der Waals surface area contributed by atoms with Crippen LogP contribution < -0.4 is 5.32 Å². The minimum atomic E-state index is -0.818. The Balaban J connectivity index is 2.41. The molecule has 1 N–H and O–H groups in total. The molecule has 0 spiro atoms. The van der Waals surface area contributed by atoms with E-state index >= 15 is 0 Å². The highest BCUT2D eigenvalue weighted by molar-refractivity contribution is 6.99. The van der Waals surface area contributed by atoms with Crippen molar-refractivity contribution in [3.63, 3.8) is 0 Å². The molecule has 0 aliphatic rings. The highest BCUT2D eigenvalue weighted by atomic mass is 32.1. The number of rotatable bonds is 5. The molecule has 2 rings (SSSR count). The van der Waals surface area contributed by atoms with Gasteiger partial charge in [-0.05, 0) is 25.5 Å². The summed E-state index contributed by atoms with van der Waals surface area (Å²) in [6.45, 7) is 4.24. The third-order valence-corrected chi connectivity index (χ3v) is 3.38. The van der Waals surface area contributed by atoms with Gasteiger partial charge in [-0.1, -0.05) is 19.1 Å². The van der Waals surface area contributed by atoms with Crippen LogP contribution in [0.15, 0.2) is 18.3 Å². The Morgan fingerprint density at radius 1 is 1.32 bits per heavy atom. The van der Waals surface area contributed by atoms with Crippen LogP contribution >= 0.6 is 11.7 Å². The Morgan fingerprint density at radius 3 is 2.74 bits per heavy atom. The monoisotopic (exact) mass is 283 g/mol. The molecule has 1 aromatic heterocycles. The zero-order chi connectivity index (χ0) is 13.8. The van der Waals surface area contributed by atoms with Crippen molar-refractivity contribution < 1.29 is 8.78 Å². The van der Waals surface area contributed by atoms with Crippen LogP contribution in [-0.4, -0.2) is 15.3 Å². The fourth-order valence-corrected chi connectivity index (χ4v) is 2.29. The van der Waals surface area contributed by atoms with E-state index in [1.165, 1.54) is 0 Å². The topological polar surface area (TPSA) is 37.8 Å². The van der Waals surface area contributed by atoms with Gasteiger partial charge in [0.25, 0.3) is 0 Å². The average Bonchev–Trinajstić information content (AvgIpc) is 2.92. The molecule has 1 atom stereocenters. The molecule has 1 heterocycles. The number of nitrogens with zero attached hydrogens (tertiary/aromatic N) is 2. The second-order valence-electron chi connectivity index (χ2n) is 4.32. The van der Waals surface area contributed by atoms with Crippen LogP contribution in [0, 0.1) is 18.6 Å². The zero-order valence-electron chi connectivity index (χ0n) is 10.8. The van der Waals surface area contributed by atoms with E-state index in [2.05, 4.69) is 14.1 Å². The van der Waals surface area contributed by atoms with Crippen molar-refractivity contribution in [1.29, 1.82) is 0 Å². The van der Waals surface area contributed by atoms with Crippen LogP contribution in [0.4, 0.5) is 8.78 Å². The van der Waals surface area contributed by atoms with Crippen LogP contribution in [-0.2, 0) is 0 Å². The molecule has 1 unspecified atom stereocenters. The van der Waals surface area contributed by atoms with Gasteiger partial charge in [-0.15, -0.1) is 0 Å². The summed E-state index contributed by atoms with van der Waals surface area (Å²) < 4.78 is 35.8. The van der Waals surface area contributed by atoms with Gasteiger partial charge in [-0.25, -0.2) is 8.78 Å². The van der Waals surface area contributed by atoms with Crippen LogP contribution in [0.1, 0.15) is 36.2 Å². The van der Waals surface area contributed by atoms with Crippen molar-refractivity contribution in [2.45, 2.75) is 26.3 Å². The van der Waals surface area contributed by atoms with E-state index in [1.54, 1.807) is 25.3 Å². The van der Waals surface area contributed by atoms with Crippen LogP contribution in [0.25, 0.3) is 0 Å². The summed E-state index contributed by atoms with van der Waals surface area (Å²) in [4.78, 5) is 0. The molecule has 0 saturated carbocycles. The van der Waals surface area contributed by atoms with Crippen molar-refractivity contribution >= 4 is 11.7 Å². The molecule has 0 aliphatic carbocycles. The number of hydrogen-bond acceptors (Lipinski definition) is 4. The first-order valence-corrected chi connectivity index (χ1v) is 6.83. The zero-order valence-corrected chi connectivity index (χ0v) is 11.6. The molecule has 2 aromatic rings. The van der Waals surface area contributed by atoms with Gasteiger partial charge in [-0.3, -0.25) is 0 Å². The van der Waals surface area contributed by atoms with Crippen LogP contribution in [0.5, 0.6) is 0 Å². The molecule has 6 heteroatoms. The number of benzene rings is 1. The summed E-state index contributed by atoms with van der Waals surface area (Å²) in [5.41, 5.74) is 1.18. The lowest BCUT2D eigenvalue weighted by Gasteiger charge is -2.18. The Bertz CT molecular complexity index is 543. The predicted octanol–water partition coefficient (Wildman–Crippen LogP) is 3.21. The molecule has 0 radical (unpaired) electrons. The van der Waals surface area contributed by atoms with Gasteiger partial charge < -0.3 is 5.32 Å². The normalized spacial score (nSPS) is 12.6. The van der Waals surface area contributed by atoms with Crippen molar-refractivity contribution in [2.75, 3.05) is 6.54 Å². The van der Waals surface area contributed by atoms with Gasteiger partial charge in [0.15, 0.2) is 11.6 Å². The Kier molecular flexibility index (Phi) is 4.55. The second-order valence-corrected chi connectivity index (χ2v) is 4.88. The Morgan fingerprint density at radius 2 is 2.11 bits per heavy atom. The predicted molar refractivity (Wildman–Crippen MR) is 71.1 cm³/mol. The summed E-state index contributed by atoms with van der Waals surface area (Å²) in [6, 6.07) is 2.71. The summed E-state index contributed by atoms with van der Waals surface area (Å²) in [5.74, 6) is -1.62. The number of hydrogen-bond donors (Lipinski definition) is 1. The van der Waals surface area contributed by atoms with E-state index < -0.39 is 17.7 Å². The molecular weight excluding hydrogens is 268 g/mol. The van der Waals surface area contributed by atoms with E-state index in [0.717, 1.165) is 18.1 Å². The van der Waals surface area contributed by atoms with Gasteiger partial charge in [0.2, 0.25) is 0 Å². The molecule has 0 saturated heterocycles. The van der Waals surface area contributed by atoms with Crippen molar-refractivity contribution in [3.05, 3.63) is 46.8 Å². The number of nitrogens with one attached hydrogen (secondary N) is 1. The molecule has 0 aliphatic heterocycles. The summed E-state index contributed by atoms with van der Waals surface area (Å²) in [5, 5.41) is 3.17. The van der Waals surface area contributed by atoms with Gasteiger partial charge in [0, 0.05) is 5.56 Å². The number of aryl methyl sites for hydroxylation is 1. The van der Waals surface area contributed by atoms with E-state index in [4.69, 9.17) is 0 Å². The fraction of sp³-hybridized carbons (Fsp3) is 0.385. The number of aromatic nitrogens is 2. The maximum atomic E-state index is 14.1. The Hall–Kier alpha value is -1.40. The SMILES string of the molecule is CCCNC(c1cnsn1)c1ccc(C)c(F)c1F. The van der Waals surface area contributed by atoms with Gasteiger partial charge in [0.1, 0.15) is 0 Å². The minimum absolute atomic E-state index is 0.268. The molecule has 19 heavy (non-hydrogen) atoms. The molecule has 0 fully saturated rings. The van der Waals surface area contributed by atoms with Crippen LogP contribution in [0.3, 0.4) is 0 Å². The minimum Gasteiger partial charge on any atom is -0.305 e. The van der Waals surface area contributed by atoms with Crippen molar-refractivity contribution in [2.24, 2.45) is 0 Å². The molecular formula is C13H15F2N3S. The van der Waals surface area contributed by atoms with Gasteiger partial charge in [0.05, 0.1) is 29.7 Å². The quantitative estimate of drug-likeness (QED) is 0.915. The van der Waals surface area contributed by atoms with Gasteiger partial charge >= 0.3 is 0 Å². The first-order chi connectivity index (χ1) is 9.15. The maximum Gasteiger partial charge on any atom is 0.164 e. The standard InChI is InChI=1S/C13H15F2N3S/c1-3-6-16-13(10-7-17-19-18-10)9-5-4-8(2)11(14)12(9)15/h4-5,7,13,16H,3,6H2,1-2H3. The molecule has 1 aromatic carbocycles. The van der Waals surface area contributed by atoms with E-state index in [9.17, 15) is 8.78 Å². The first-order valence-electron chi connectivity index (χ1n) is 6.10. The number of halogens is 2. The summed E-state index contributed by atoms with van der Waals surface area (Å²) in [6.07, 6.45) is 2.47. The lowest BCUT2D eigenvalue weighted by molar-refractivity contribution is 0.474. The molecule has 102 valence electrons.